The minimum atomic E-state index is -0.862. The molecule has 0 spiro atoms. The molecule has 1 fully saturated rings. The first-order valence-corrected chi connectivity index (χ1v) is 8.87. The van der Waals surface area contributed by atoms with Crippen molar-refractivity contribution >= 4 is 80.2 Å². The number of thioether (sulfide) groups is 1. The third-order valence-corrected chi connectivity index (χ3v) is 6.10. The van der Waals surface area contributed by atoms with Crippen molar-refractivity contribution in [3.05, 3.63) is 24.8 Å². The highest BCUT2D eigenvalue weighted by Crippen LogP contribution is 2.34. The van der Waals surface area contributed by atoms with Crippen LogP contribution in [0.5, 0.6) is 0 Å². The van der Waals surface area contributed by atoms with E-state index in [1.165, 1.54) is 16.7 Å². The number of thiophene rings is 1. The average molecular weight is 439 g/mol. The summed E-state index contributed by atoms with van der Waals surface area (Å²) >= 11 is 10.3. The molecule has 8 heteroatoms. The zero-order chi connectivity index (χ0) is 14.7. The van der Waals surface area contributed by atoms with E-state index in [2.05, 4.69) is 22.6 Å². The number of rotatable bonds is 5. The molecule has 0 saturated carbocycles. The number of hydrogen-bond donors (Lipinski definition) is 1. The van der Waals surface area contributed by atoms with Crippen molar-refractivity contribution in [3.8, 4) is 0 Å². The number of carboxylic acid groups (broad SMARTS) is 1. The maximum Gasteiger partial charge on any atom is 0.303 e. The van der Waals surface area contributed by atoms with E-state index in [1.807, 2.05) is 17.5 Å². The fourth-order valence-electron chi connectivity index (χ4n) is 1.61. The molecular weight excluding hydrogens is 429 g/mol. The van der Waals surface area contributed by atoms with Crippen molar-refractivity contribution in [1.29, 1.82) is 0 Å². The van der Waals surface area contributed by atoms with E-state index in [9.17, 15) is 9.59 Å². The van der Waals surface area contributed by atoms with E-state index in [0.717, 1.165) is 8.45 Å². The number of carbonyl (C=O) groups is 2. The van der Waals surface area contributed by atoms with Crippen molar-refractivity contribution in [2.75, 3.05) is 6.54 Å². The minimum absolute atomic E-state index is 0.0406. The van der Waals surface area contributed by atoms with Gasteiger partial charge in [0.05, 0.1) is 4.91 Å². The molecule has 1 aromatic rings. The largest absolute Gasteiger partial charge is 0.481 e. The second kappa shape index (κ2) is 7.01. The first-order chi connectivity index (χ1) is 9.49. The van der Waals surface area contributed by atoms with Crippen LogP contribution in [0.4, 0.5) is 0 Å². The summed E-state index contributed by atoms with van der Waals surface area (Å²) in [6.07, 6.45) is 2.30. The molecule has 1 aliphatic heterocycles. The fourth-order valence-corrected chi connectivity index (χ4v) is 4.65. The van der Waals surface area contributed by atoms with E-state index in [-0.39, 0.29) is 12.3 Å². The Kier molecular flexibility index (Phi) is 5.58. The Morgan fingerprint density at radius 2 is 2.30 bits per heavy atom. The maximum atomic E-state index is 12.2. The highest BCUT2D eigenvalue weighted by Gasteiger charge is 2.31. The summed E-state index contributed by atoms with van der Waals surface area (Å²) in [7, 11) is 0. The lowest BCUT2D eigenvalue weighted by atomic mass is 10.3. The number of aliphatic carboxylic acids is 1. The lowest BCUT2D eigenvalue weighted by molar-refractivity contribution is -0.137. The Morgan fingerprint density at radius 1 is 1.55 bits per heavy atom. The predicted octanol–water partition coefficient (Wildman–Crippen LogP) is 3.42. The predicted molar refractivity (Wildman–Crippen MR) is 93.8 cm³/mol. The van der Waals surface area contributed by atoms with Crippen LogP contribution in [0.15, 0.2) is 16.4 Å². The molecule has 1 aliphatic rings. The number of hydrogen-bond acceptors (Lipinski definition) is 5. The van der Waals surface area contributed by atoms with Crippen molar-refractivity contribution < 1.29 is 14.7 Å². The summed E-state index contributed by atoms with van der Waals surface area (Å²) in [6.45, 7) is 0.357. The van der Waals surface area contributed by atoms with Crippen LogP contribution in [0.1, 0.15) is 17.7 Å². The van der Waals surface area contributed by atoms with Crippen LogP contribution in [0.3, 0.4) is 0 Å². The molecule has 1 amide bonds. The van der Waals surface area contributed by atoms with Crippen molar-refractivity contribution in [2.45, 2.75) is 12.8 Å². The van der Waals surface area contributed by atoms with Gasteiger partial charge in [0, 0.05) is 21.4 Å². The smallest absolute Gasteiger partial charge is 0.303 e. The SMILES string of the molecule is O=C(O)CCCN1C(=O)/C(=C\c2sccc2I)SC1=S. The van der Waals surface area contributed by atoms with Gasteiger partial charge in [0.15, 0.2) is 0 Å². The number of thiocarbonyl (C=S) groups is 1. The summed E-state index contributed by atoms with van der Waals surface area (Å²) in [5.41, 5.74) is 0. The molecule has 2 rings (SSSR count). The van der Waals surface area contributed by atoms with Gasteiger partial charge in [0.1, 0.15) is 4.32 Å². The number of carbonyl (C=O) groups excluding carboxylic acids is 1. The monoisotopic (exact) mass is 439 g/mol. The highest BCUT2D eigenvalue weighted by atomic mass is 127. The second-order valence-electron chi connectivity index (χ2n) is 3.96. The molecule has 106 valence electrons. The van der Waals surface area contributed by atoms with Crippen LogP contribution in [0.2, 0.25) is 0 Å². The number of halogens is 1. The molecular formula is C12H10INO3S3. The van der Waals surface area contributed by atoms with Gasteiger partial charge in [-0.2, -0.15) is 0 Å². The van der Waals surface area contributed by atoms with Crippen molar-refractivity contribution in [2.24, 2.45) is 0 Å². The second-order valence-corrected chi connectivity index (χ2v) is 7.75. The molecule has 0 aromatic carbocycles. The zero-order valence-corrected chi connectivity index (χ0v) is 14.8. The molecule has 1 N–H and O–H groups in total. The van der Waals surface area contributed by atoms with Crippen molar-refractivity contribution in [1.82, 2.24) is 4.90 Å². The minimum Gasteiger partial charge on any atom is -0.481 e. The average Bonchev–Trinajstić information content (AvgIpc) is 2.88. The van der Waals surface area contributed by atoms with Crippen LogP contribution in [0, 0.1) is 3.57 Å². The standard InChI is InChI=1S/C12H10INO3S3/c13-7-3-5-19-8(7)6-9-11(17)14(12(18)20-9)4-1-2-10(15)16/h3,5-6H,1-2,4H2,(H,15,16)/b9-6+. The van der Waals surface area contributed by atoms with Crippen LogP contribution in [0.25, 0.3) is 6.08 Å². The molecule has 0 bridgehead atoms. The fraction of sp³-hybridized carbons (Fsp3) is 0.250. The molecule has 0 aliphatic carbocycles. The van der Waals surface area contributed by atoms with E-state index in [1.54, 1.807) is 11.3 Å². The van der Waals surface area contributed by atoms with Crippen LogP contribution < -0.4 is 0 Å². The van der Waals surface area contributed by atoms with Crippen LogP contribution >= 0.6 is 57.9 Å². The molecule has 20 heavy (non-hydrogen) atoms. The molecule has 2 heterocycles. The van der Waals surface area contributed by atoms with Gasteiger partial charge in [0.25, 0.3) is 5.91 Å². The molecule has 1 aromatic heterocycles. The van der Waals surface area contributed by atoms with Gasteiger partial charge in [-0.25, -0.2) is 0 Å². The zero-order valence-electron chi connectivity index (χ0n) is 10.2. The first kappa shape index (κ1) is 15.9. The van der Waals surface area contributed by atoms with E-state index < -0.39 is 5.97 Å². The number of carboxylic acids is 1. The summed E-state index contributed by atoms with van der Waals surface area (Å²) in [4.78, 5) is 25.9. The van der Waals surface area contributed by atoms with E-state index in [0.29, 0.717) is 22.2 Å². The summed E-state index contributed by atoms with van der Waals surface area (Å²) in [6, 6.07) is 1.99. The van der Waals surface area contributed by atoms with Crippen LogP contribution in [-0.2, 0) is 9.59 Å². The number of nitrogens with zero attached hydrogens (tertiary/aromatic N) is 1. The Hall–Kier alpha value is -0.450. The van der Waals surface area contributed by atoms with Crippen molar-refractivity contribution in [3.63, 3.8) is 0 Å². The van der Waals surface area contributed by atoms with Gasteiger partial charge in [-0.15, -0.1) is 11.3 Å². The van der Waals surface area contributed by atoms with Gasteiger partial charge < -0.3 is 5.11 Å². The van der Waals surface area contributed by atoms with Gasteiger partial charge >= 0.3 is 5.97 Å². The van der Waals surface area contributed by atoms with Gasteiger partial charge in [-0.05, 0) is 46.5 Å². The summed E-state index contributed by atoms with van der Waals surface area (Å²) in [5, 5.41) is 10.6. The van der Waals surface area contributed by atoms with Gasteiger partial charge in [0.2, 0.25) is 0 Å². The summed E-state index contributed by atoms with van der Waals surface area (Å²) in [5.74, 6) is -0.992. The van der Waals surface area contributed by atoms with Crippen LogP contribution in [-0.4, -0.2) is 32.7 Å². The highest BCUT2D eigenvalue weighted by molar-refractivity contribution is 14.1. The van der Waals surface area contributed by atoms with E-state index >= 15 is 0 Å². The Bertz CT molecular complexity index is 597. The number of amides is 1. The third kappa shape index (κ3) is 3.80. The quantitative estimate of drug-likeness (QED) is 0.433. The lowest BCUT2D eigenvalue weighted by Crippen LogP contribution is -2.29. The normalized spacial score (nSPS) is 17.2. The Labute approximate surface area is 143 Å². The maximum absolute atomic E-state index is 12.2. The van der Waals surface area contributed by atoms with E-state index in [4.69, 9.17) is 17.3 Å². The summed E-state index contributed by atoms with van der Waals surface area (Å²) < 4.78 is 1.60. The van der Waals surface area contributed by atoms with Gasteiger partial charge in [-0.3, -0.25) is 14.5 Å². The molecule has 0 unspecified atom stereocenters. The molecule has 1 saturated heterocycles. The molecule has 4 nitrogen and oxygen atoms in total. The molecule has 0 atom stereocenters. The molecule has 0 radical (unpaired) electrons. The van der Waals surface area contributed by atoms with Gasteiger partial charge in [-0.1, -0.05) is 24.0 Å². The first-order valence-electron chi connectivity index (χ1n) is 5.69. The topological polar surface area (TPSA) is 57.6 Å². The Morgan fingerprint density at radius 3 is 2.90 bits per heavy atom. The lowest BCUT2D eigenvalue weighted by Gasteiger charge is -2.13. The Balaban J connectivity index is 2.07. The third-order valence-electron chi connectivity index (χ3n) is 2.55.